The molecular formula is C8H10N2. The zero-order chi connectivity index (χ0) is 7.61. The highest BCUT2D eigenvalue weighted by Crippen LogP contribution is 2.11. The Morgan fingerprint density at radius 2 is 2.40 bits per heavy atom. The second-order valence-corrected chi connectivity index (χ2v) is 2.65. The van der Waals surface area contributed by atoms with Crippen LogP contribution < -0.4 is 5.32 Å². The van der Waals surface area contributed by atoms with Gasteiger partial charge in [-0.15, -0.1) is 0 Å². The molecule has 0 bridgehead atoms. The van der Waals surface area contributed by atoms with Gasteiger partial charge in [0, 0.05) is 5.70 Å². The van der Waals surface area contributed by atoms with E-state index in [0.717, 1.165) is 5.70 Å². The van der Waals surface area contributed by atoms with Crippen molar-refractivity contribution in [3.63, 3.8) is 0 Å². The molecule has 0 amide bonds. The van der Waals surface area contributed by atoms with Gasteiger partial charge in [0.1, 0.15) is 5.54 Å². The minimum Gasteiger partial charge on any atom is -0.368 e. The van der Waals surface area contributed by atoms with Crippen molar-refractivity contribution in [3.8, 4) is 6.07 Å². The van der Waals surface area contributed by atoms with E-state index < -0.39 is 5.54 Å². The van der Waals surface area contributed by atoms with E-state index in [1.807, 2.05) is 32.1 Å². The summed E-state index contributed by atoms with van der Waals surface area (Å²) in [4.78, 5) is 0. The van der Waals surface area contributed by atoms with Crippen LogP contribution >= 0.6 is 0 Å². The minimum atomic E-state index is -0.501. The van der Waals surface area contributed by atoms with Crippen LogP contribution in [0.1, 0.15) is 13.8 Å². The van der Waals surface area contributed by atoms with Crippen LogP contribution in [0.4, 0.5) is 0 Å². The first-order valence-electron chi connectivity index (χ1n) is 3.22. The fourth-order valence-corrected chi connectivity index (χ4v) is 0.943. The highest BCUT2D eigenvalue weighted by molar-refractivity contribution is 5.29. The Bertz CT molecular complexity index is 232. The molecule has 0 saturated carbocycles. The summed E-state index contributed by atoms with van der Waals surface area (Å²) in [5, 5.41) is 11.7. The Morgan fingerprint density at radius 3 is 2.80 bits per heavy atom. The molecule has 2 nitrogen and oxygen atoms in total. The molecule has 0 aromatic heterocycles. The van der Waals surface area contributed by atoms with Gasteiger partial charge in [0.15, 0.2) is 0 Å². The monoisotopic (exact) mass is 134 g/mol. The molecule has 52 valence electrons. The molecule has 10 heavy (non-hydrogen) atoms. The van der Waals surface area contributed by atoms with Gasteiger partial charge >= 0.3 is 0 Å². The van der Waals surface area contributed by atoms with Crippen LogP contribution in [0.15, 0.2) is 23.9 Å². The summed E-state index contributed by atoms with van der Waals surface area (Å²) in [7, 11) is 0. The van der Waals surface area contributed by atoms with Gasteiger partial charge in [0.2, 0.25) is 0 Å². The van der Waals surface area contributed by atoms with E-state index in [9.17, 15) is 0 Å². The summed E-state index contributed by atoms with van der Waals surface area (Å²) in [6.45, 7) is 3.79. The molecule has 2 heteroatoms. The van der Waals surface area contributed by atoms with E-state index in [2.05, 4.69) is 11.4 Å². The first kappa shape index (κ1) is 6.88. The van der Waals surface area contributed by atoms with Crippen molar-refractivity contribution in [2.45, 2.75) is 19.4 Å². The zero-order valence-corrected chi connectivity index (χ0v) is 6.18. The number of rotatable bonds is 0. The largest absolute Gasteiger partial charge is 0.368 e. The summed E-state index contributed by atoms with van der Waals surface area (Å²) < 4.78 is 0. The highest BCUT2D eigenvalue weighted by Gasteiger charge is 2.20. The van der Waals surface area contributed by atoms with Crippen LogP contribution in [-0.2, 0) is 0 Å². The van der Waals surface area contributed by atoms with Gasteiger partial charge in [0.05, 0.1) is 6.07 Å². The van der Waals surface area contributed by atoms with Crippen LogP contribution in [0.5, 0.6) is 0 Å². The predicted octanol–water partition coefficient (Wildman–Crippen LogP) is 1.33. The summed E-state index contributed by atoms with van der Waals surface area (Å²) >= 11 is 0. The predicted molar refractivity (Wildman–Crippen MR) is 40.1 cm³/mol. The summed E-state index contributed by atoms with van der Waals surface area (Å²) in [6.07, 6.45) is 5.69. The molecule has 1 rings (SSSR count). The zero-order valence-electron chi connectivity index (χ0n) is 6.18. The van der Waals surface area contributed by atoms with Crippen LogP contribution in [0.2, 0.25) is 0 Å². The quantitative estimate of drug-likeness (QED) is 0.542. The molecule has 0 aliphatic carbocycles. The van der Waals surface area contributed by atoms with Gasteiger partial charge in [-0.3, -0.25) is 0 Å². The van der Waals surface area contributed by atoms with Gasteiger partial charge in [-0.1, -0.05) is 6.08 Å². The molecule has 0 fully saturated rings. The van der Waals surface area contributed by atoms with Gasteiger partial charge in [0.25, 0.3) is 0 Å². The number of nitrogens with zero attached hydrogens (tertiary/aromatic N) is 1. The van der Waals surface area contributed by atoms with Crippen molar-refractivity contribution in [1.82, 2.24) is 5.32 Å². The van der Waals surface area contributed by atoms with Crippen LogP contribution in [0.3, 0.4) is 0 Å². The number of dihydropyridines is 1. The highest BCUT2D eigenvalue weighted by atomic mass is 15.0. The lowest BCUT2D eigenvalue weighted by molar-refractivity contribution is 0.597. The van der Waals surface area contributed by atoms with Gasteiger partial charge in [-0.25, -0.2) is 0 Å². The molecule has 0 radical (unpaired) electrons. The molecule has 1 N–H and O–H groups in total. The van der Waals surface area contributed by atoms with E-state index in [4.69, 9.17) is 5.26 Å². The maximum atomic E-state index is 8.68. The van der Waals surface area contributed by atoms with Crippen LogP contribution in [0.25, 0.3) is 0 Å². The van der Waals surface area contributed by atoms with Crippen molar-refractivity contribution < 1.29 is 0 Å². The average Bonchev–Trinajstić information content (AvgIpc) is 1.88. The average molecular weight is 134 g/mol. The maximum Gasteiger partial charge on any atom is 0.141 e. The number of nitrogens with one attached hydrogen (secondary N) is 1. The SMILES string of the molecule is CC1=CC=CC(C)(C#N)N1. The van der Waals surface area contributed by atoms with E-state index in [-0.39, 0.29) is 0 Å². The lowest BCUT2D eigenvalue weighted by Crippen LogP contribution is -2.38. The Balaban J connectivity index is 2.84. The molecule has 0 aromatic carbocycles. The molecule has 0 spiro atoms. The van der Waals surface area contributed by atoms with Crippen LogP contribution in [0, 0.1) is 11.3 Å². The Morgan fingerprint density at radius 1 is 1.70 bits per heavy atom. The standard InChI is InChI=1S/C8H10N2/c1-7-4-3-5-8(2,6-9)10-7/h3-5,10H,1-2H3. The van der Waals surface area contributed by atoms with Crippen molar-refractivity contribution in [2.24, 2.45) is 0 Å². The molecule has 1 atom stereocenters. The fourth-order valence-electron chi connectivity index (χ4n) is 0.943. The third-order valence-corrected chi connectivity index (χ3v) is 1.46. The molecule has 1 heterocycles. The summed E-state index contributed by atoms with van der Waals surface area (Å²) in [5.41, 5.74) is 0.533. The van der Waals surface area contributed by atoms with E-state index >= 15 is 0 Å². The third-order valence-electron chi connectivity index (χ3n) is 1.46. The fraction of sp³-hybridized carbons (Fsp3) is 0.375. The molecule has 1 aliphatic heterocycles. The normalized spacial score (nSPS) is 30.3. The second-order valence-electron chi connectivity index (χ2n) is 2.65. The Kier molecular flexibility index (Phi) is 1.50. The molecular weight excluding hydrogens is 124 g/mol. The minimum absolute atomic E-state index is 0.501. The Hall–Kier alpha value is -1.23. The Labute approximate surface area is 60.9 Å². The summed E-state index contributed by atoms with van der Waals surface area (Å²) in [5.74, 6) is 0. The smallest absolute Gasteiger partial charge is 0.141 e. The summed E-state index contributed by atoms with van der Waals surface area (Å²) in [6, 6.07) is 2.17. The molecule has 1 unspecified atom stereocenters. The lowest BCUT2D eigenvalue weighted by atomic mass is 10.0. The molecule has 0 saturated heterocycles. The van der Waals surface area contributed by atoms with Gasteiger partial charge in [-0.2, -0.15) is 5.26 Å². The van der Waals surface area contributed by atoms with Crippen LogP contribution in [-0.4, -0.2) is 5.54 Å². The topological polar surface area (TPSA) is 35.8 Å². The molecule has 1 aliphatic rings. The number of nitriles is 1. The number of hydrogen-bond acceptors (Lipinski definition) is 2. The second kappa shape index (κ2) is 2.18. The van der Waals surface area contributed by atoms with Crippen molar-refractivity contribution in [1.29, 1.82) is 5.26 Å². The first-order valence-corrected chi connectivity index (χ1v) is 3.22. The van der Waals surface area contributed by atoms with E-state index in [1.165, 1.54) is 0 Å². The lowest BCUT2D eigenvalue weighted by Gasteiger charge is -2.23. The van der Waals surface area contributed by atoms with Gasteiger partial charge < -0.3 is 5.32 Å². The van der Waals surface area contributed by atoms with Crippen molar-refractivity contribution in [3.05, 3.63) is 23.9 Å². The van der Waals surface area contributed by atoms with E-state index in [1.54, 1.807) is 0 Å². The maximum absolute atomic E-state index is 8.68. The van der Waals surface area contributed by atoms with Crippen molar-refractivity contribution in [2.75, 3.05) is 0 Å². The van der Waals surface area contributed by atoms with Crippen molar-refractivity contribution >= 4 is 0 Å². The molecule has 0 aromatic rings. The number of allylic oxidation sites excluding steroid dienone is 3. The third kappa shape index (κ3) is 1.19. The first-order chi connectivity index (χ1) is 4.66. The van der Waals surface area contributed by atoms with Gasteiger partial charge in [-0.05, 0) is 26.0 Å². The number of hydrogen-bond donors (Lipinski definition) is 1. The van der Waals surface area contributed by atoms with E-state index in [0.29, 0.717) is 0 Å².